The van der Waals surface area contributed by atoms with Gasteiger partial charge in [-0.15, -0.1) is 0 Å². The van der Waals surface area contributed by atoms with Crippen LogP contribution in [0.5, 0.6) is 11.5 Å². The highest BCUT2D eigenvalue weighted by molar-refractivity contribution is 6.05. The largest absolute Gasteiger partial charge is 0.454 e. The molecule has 2 aromatic heterocycles. The smallest absolute Gasteiger partial charge is 0.422 e. The number of nitrogens with one attached hydrogen (secondary N) is 2. The Hall–Kier alpha value is -4.52. The molecule has 198 valence electrons. The Bertz CT molecular complexity index is 1410. The van der Waals surface area contributed by atoms with Crippen LogP contribution in [0.3, 0.4) is 0 Å². The van der Waals surface area contributed by atoms with Crippen LogP contribution < -0.4 is 20.3 Å². The summed E-state index contributed by atoms with van der Waals surface area (Å²) in [6.45, 7) is 0.513. The Balaban J connectivity index is 1.75. The van der Waals surface area contributed by atoms with Crippen molar-refractivity contribution >= 4 is 17.3 Å². The molecule has 0 fully saturated rings. The molecule has 0 aliphatic rings. The van der Waals surface area contributed by atoms with Gasteiger partial charge in [0.1, 0.15) is 11.3 Å². The van der Waals surface area contributed by atoms with Crippen LogP contribution in [0.25, 0.3) is 5.69 Å². The fourth-order valence-electron chi connectivity index (χ4n) is 3.66. The highest BCUT2D eigenvalue weighted by Gasteiger charge is 2.40. The second-order valence-electron chi connectivity index (χ2n) is 8.09. The van der Waals surface area contributed by atoms with Gasteiger partial charge in [-0.1, -0.05) is 12.1 Å². The van der Waals surface area contributed by atoms with E-state index >= 15 is 0 Å². The zero-order valence-corrected chi connectivity index (χ0v) is 20.3. The average Bonchev–Trinajstić information content (AvgIpc) is 3.40. The summed E-state index contributed by atoms with van der Waals surface area (Å²) in [5.74, 6) is -2.52. The quantitative estimate of drug-likeness (QED) is 0.308. The molecule has 2 aromatic carbocycles. The lowest BCUT2D eigenvalue weighted by atomic mass is 10.1. The molecule has 0 aliphatic heterocycles. The van der Waals surface area contributed by atoms with Gasteiger partial charge in [-0.25, -0.2) is 9.07 Å². The molecule has 0 saturated carbocycles. The molecule has 0 saturated heterocycles. The van der Waals surface area contributed by atoms with Gasteiger partial charge in [0.2, 0.25) is 0 Å². The Kier molecular flexibility index (Phi) is 7.86. The number of rotatable bonds is 9. The van der Waals surface area contributed by atoms with Crippen molar-refractivity contribution in [3.05, 3.63) is 84.2 Å². The van der Waals surface area contributed by atoms with E-state index in [1.165, 1.54) is 65.6 Å². The van der Waals surface area contributed by atoms with Crippen molar-refractivity contribution in [3.8, 4) is 17.2 Å². The number of likely N-dealkylation sites (N-methyl/N-ethyl adjacent to an activating group) is 2. The van der Waals surface area contributed by atoms with Crippen LogP contribution in [0.1, 0.15) is 16.1 Å². The number of hydrogen-bond donors (Lipinski definition) is 2. The number of carbonyl (C=O) groups excluding carboxylic acids is 1. The van der Waals surface area contributed by atoms with E-state index < -0.39 is 29.2 Å². The summed E-state index contributed by atoms with van der Waals surface area (Å²) in [5, 5.41) is 17.0. The van der Waals surface area contributed by atoms with Crippen LogP contribution in [0.4, 0.5) is 28.9 Å². The van der Waals surface area contributed by atoms with Crippen LogP contribution >= 0.6 is 0 Å². The zero-order chi connectivity index (χ0) is 27.3. The summed E-state index contributed by atoms with van der Waals surface area (Å²) in [5.41, 5.74) is -1.12. The first kappa shape index (κ1) is 26.5. The van der Waals surface area contributed by atoms with Crippen molar-refractivity contribution < 1.29 is 27.1 Å². The van der Waals surface area contributed by atoms with Gasteiger partial charge in [0.15, 0.2) is 17.3 Å². The van der Waals surface area contributed by atoms with Crippen molar-refractivity contribution in [1.29, 1.82) is 0 Å². The average molecular weight is 529 g/mol. The first-order chi connectivity index (χ1) is 18.2. The Labute approximate surface area is 215 Å². The molecule has 0 bridgehead atoms. The molecule has 2 heterocycles. The van der Waals surface area contributed by atoms with Crippen LogP contribution in [0.15, 0.2) is 67.1 Å². The normalized spacial score (nSPS) is 11.3. The summed E-state index contributed by atoms with van der Waals surface area (Å²) in [7, 11) is 3.11. The molecule has 2 N–H and O–H groups in total. The summed E-state index contributed by atoms with van der Waals surface area (Å²) in [6.07, 6.45) is -0.500. The second kappa shape index (κ2) is 11.3. The van der Waals surface area contributed by atoms with Gasteiger partial charge in [0, 0.05) is 26.3 Å². The third-order valence-electron chi connectivity index (χ3n) is 5.46. The number of alkyl halides is 3. The number of aromatic nitrogens is 4. The molecule has 13 heteroatoms. The minimum absolute atomic E-state index is 0.0362. The molecule has 9 nitrogen and oxygen atoms in total. The first-order valence-corrected chi connectivity index (χ1v) is 11.4. The molecular weight excluding hydrogens is 506 g/mol. The highest BCUT2D eigenvalue weighted by atomic mass is 19.4. The molecule has 4 aromatic rings. The van der Waals surface area contributed by atoms with Crippen LogP contribution in [0, 0.1) is 5.82 Å². The van der Waals surface area contributed by atoms with E-state index in [0.29, 0.717) is 12.2 Å². The molecule has 38 heavy (non-hydrogen) atoms. The fourth-order valence-corrected chi connectivity index (χ4v) is 3.66. The van der Waals surface area contributed by atoms with Crippen molar-refractivity contribution in [2.24, 2.45) is 0 Å². The van der Waals surface area contributed by atoms with Crippen molar-refractivity contribution in [1.82, 2.24) is 25.3 Å². The maximum Gasteiger partial charge on any atom is 0.422 e. The van der Waals surface area contributed by atoms with E-state index in [-0.39, 0.29) is 29.4 Å². The van der Waals surface area contributed by atoms with Gasteiger partial charge in [0.05, 0.1) is 29.5 Å². The topological polar surface area (TPSA) is 97.2 Å². The zero-order valence-electron chi connectivity index (χ0n) is 20.3. The Morgan fingerprint density at radius 2 is 1.87 bits per heavy atom. The van der Waals surface area contributed by atoms with E-state index in [1.54, 1.807) is 13.1 Å². The Morgan fingerprint density at radius 3 is 2.55 bits per heavy atom. The molecule has 0 spiro atoms. The van der Waals surface area contributed by atoms with Gasteiger partial charge in [0.25, 0.3) is 5.91 Å². The summed E-state index contributed by atoms with van der Waals surface area (Å²) in [6, 6.07) is 10.5. The molecule has 1 amide bonds. The molecular formula is C25H23F4N7O2. The van der Waals surface area contributed by atoms with Gasteiger partial charge in [-0.3, -0.25) is 4.79 Å². The lowest BCUT2D eigenvalue weighted by Gasteiger charge is -2.28. The molecule has 4 rings (SSSR count). The number of carbonyl (C=O) groups is 1. The number of hydrogen-bond acceptors (Lipinski definition) is 7. The summed E-state index contributed by atoms with van der Waals surface area (Å²) in [4.78, 5) is 14.4. The molecule has 0 aliphatic carbocycles. The minimum atomic E-state index is -4.90. The number of halogens is 4. The monoisotopic (exact) mass is 529 g/mol. The predicted molar refractivity (Wildman–Crippen MR) is 132 cm³/mol. The first-order valence-electron chi connectivity index (χ1n) is 11.4. The number of anilines is 2. The van der Waals surface area contributed by atoms with Crippen LogP contribution in [-0.4, -0.2) is 53.1 Å². The maximum atomic E-state index is 14.5. The highest BCUT2D eigenvalue weighted by Crippen LogP contribution is 2.47. The van der Waals surface area contributed by atoms with Gasteiger partial charge in [-0.05, 0) is 43.4 Å². The second-order valence-corrected chi connectivity index (χ2v) is 8.09. The lowest BCUT2D eigenvalue weighted by molar-refractivity contribution is -0.138. The molecule has 0 radical (unpaired) electrons. The predicted octanol–water partition coefficient (Wildman–Crippen LogP) is 4.52. The number of amides is 1. The van der Waals surface area contributed by atoms with E-state index in [1.807, 2.05) is 0 Å². The minimum Gasteiger partial charge on any atom is -0.454 e. The van der Waals surface area contributed by atoms with Crippen molar-refractivity contribution in [2.75, 3.05) is 37.4 Å². The fraction of sp³-hybridized carbons (Fsp3) is 0.200. The lowest BCUT2D eigenvalue weighted by Crippen LogP contribution is -2.30. The third kappa shape index (κ3) is 5.89. The summed E-state index contributed by atoms with van der Waals surface area (Å²) >= 11 is 0. The van der Waals surface area contributed by atoms with Gasteiger partial charge >= 0.3 is 6.18 Å². The third-order valence-corrected chi connectivity index (χ3v) is 5.46. The number of benzene rings is 2. The van der Waals surface area contributed by atoms with Gasteiger partial charge in [-0.2, -0.15) is 28.5 Å². The maximum absolute atomic E-state index is 14.5. The molecule has 0 atom stereocenters. The summed E-state index contributed by atoms with van der Waals surface area (Å²) < 4.78 is 64.4. The van der Waals surface area contributed by atoms with Crippen molar-refractivity contribution in [2.45, 2.75) is 6.18 Å². The number of nitrogens with zero attached hydrogens (tertiary/aromatic N) is 5. The number of ether oxygens (including phenoxy) is 1. The van der Waals surface area contributed by atoms with E-state index in [4.69, 9.17) is 4.74 Å². The molecule has 0 unspecified atom stereocenters. The van der Waals surface area contributed by atoms with E-state index in [2.05, 4.69) is 25.9 Å². The Morgan fingerprint density at radius 1 is 1.08 bits per heavy atom. The van der Waals surface area contributed by atoms with Crippen LogP contribution in [0.2, 0.25) is 0 Å². The number of para-hydroxylation sites is 1. The van der Waals surface area contributed by atoms with Crippen LogP contribution in [-0.2, 0) is 6.18 Å². The van der Waals surface area contributed by atoms with Crippen molar-refractivity contribution in [3.63, 3.8) is 0 Å². The SMILES string of the molecule is CNCCN(C)c1c(NC(=O)c2ccn(-c3ccnnc3)n2)ccc(Oc2ccccc2F)c1C(F)(F)F. The van der Waals surface area contributed by atoms with E-state index in [9.17, 15) is 22.4 Å². The van der Waals surface area contributed by atoms with E-state index in [0.717, 1.165) is 12.1 Å². The standard InChI is InChI=1S/C25H23F4N7O2/c1-30-12-14-35(2)23-18(33-24(37)19-10-13-36(34-19)16-9-11-31-32-15-16)7-8-21(22(23)25(27,28)29)38-20-6-4-3-5-17(20)26/h3-11,13,15,30H,12,14H2,1-2H3,(H,33,37). The van der Waals surface area contributed by atoms with Gasteiger partial charge < -0.3 is 20.3 Å².